The number of amides is 3. The van der Waals surface area contributed by atoms with Gasteiger partial charge in [-0.25, -0.2) is 4.79 Å². The summed E-state index contributed by atoms with van der Waals surface area (Å²) in [5.41, 5.74) is 1.83. The van der Waals surface area contributed by atoms with Gasteiger partial charge in [-0.1, -0.05) is 60.7 Å². The van der Waals surface area contributed by atoms with E-state index in [1.54, 1.807) is 4.90 Å². The average Bonchev–Trinajstić information content (AvgIpc) is 3.20. The molecule has 1 atom stereocenters. The maximum absolute atomic E-state index is 13.1. The molecule has 0 aromatic heterocycles. The number of nitrogens with one attached hydrogen (secondary N) is 1. The van der Waals surface area contributed by atoms with Crippen LogP contribution in [0.1, 0.15) is 24.0 Å². The van der Waals surface area contributed by atoms with E-state index in [2.05, 4.69) is 17.4 Å². The quantitative estimate of drug-likeness (QED) is 0.829. The number of hydrogen-bond acceptors (Lipinski definition) is 3. The van der Waals surface area contributed by atoms with Crippen LogP contribution in [0.4, 0.5) is 4.79 Å². The van der Waals surface area contributed by atoms with Crippen LogP contribution in [-0.2, 0) is 22.5 Å². The lowest BCUT2D eigenvalue weighted by atomic mass is 9.94. The fourth-order valence-electron chi connectivity index (χ4n) is 4.35. The number of urea groups is 1. The van der Waals surface area contributed by atoms with Gasteiger partial charge in [-0.05, 0) is 24.0 Å². The molecule has 1 unspecified atom stereocenters. The maximum atomic E-state index is 13.1. The first-order valence-electron chi connectivity index (χ1n) is 10.7. The number of hydrogen-bond donors (Lipinski definition) is 1. The normalized spacial score (nSPS) is 21.7. The lowest BCUT2D eigenvalue weighted by molar-refractivity contribution is -0.137. The Labute approximate surface area is 177 Å². The Morgan fingerprint density at radius 3 is 2.40 bits per heavy atom. The summed E-state index contributed by atoms with van der Waals surface area (Å²) >= 11 is 0. The van der Waals surface area contributed by atoms with Crippen LogP contribution in [0.25, 0.3) is 0 Å². The zero-order valence-corrected chi connectivity index (χ0v) is 17.3. The number of benzene rings is 2. The third kappa shape index (κ3) is 4.65. The van der Waals surface area contributed by atoms with Crippen LogP contribution in [0.3, 0.4) is 0 Å². The van der Waals surface area contributed by atoms with Crippen molar-refractivity contribution in [2.75, 3.05) is 32.8 Å². The molecule has 6 nitrogen and oxygen atoms in total. The number of carbonyl (C=O) groups excluding carboxylic acids is 2. The number of rotatable bonds is 5. The highest BCUT2D eigenvalue weighted by Crippen LogP contribution is 2.32. The first-order valence-corrected chi connectivity index (χ1v) is 10.7. The van der Waals surface area contributed by atoms with E-state index in [4.69, 9.17) is 4.74 Å². The van der Waals surface area contributed by atoms with Crippen LogP contribution in [0.5, 0.6) is 0 Å². The molecule has 2 heterocycles. The Morgan fingerprint density at radius 1 is 1.03 bits per heavy atom. The largest absolute Gasteiger partial charge is 0.379 e. The molecule has 30 heavy (non-hydrogen) atoms. The van der Waals surface area contributed by atoms with Crippen molar-refractivity contribution in [1.29, 1.82) is 0 Å². The molecule has 2 aliphatic rings. The van der Waals surface area contributed by atoms with E-state index in [1.807, 2.05) is 53.4 Å². The average molecular weight is 408 g/mol. The highest BCUT2D eigenvalue weighted by molar-refractivity contribution is 5.80. The fourth-order valence-corrected chi connectivity index (χ4v) is 4.35. The highest BCUT2D eigenvalue weighted by atomic mass is 16.5. The Bertz CT molecular complexity index is 851. The van der Waals surface area contributed by atoms with Gasteiger partial charge >= 0.3 is 6.03 Å². The van der Waals surface area contributed by atoms with Crippen molar-refractivity contribution in [2.45, 2.75) is 31.3 Å². The maximum Gasteiger partial charge on any atom is 0.317 e. The Balaban J connectivity index is 1.43. The molecule has 0 bridgehead atoms. The van der Waals surface area contributed by atoms with Crippen LogP contribution in [-0.4, -0.2) is 60.1 Å². The molecule has 2 aliphatic heterocycles. The predicted octanol–water partition coefficient (Wildman–Crippen LogP) is 2.83. The first kappa shape index (κ1) is 20.4. The summed E-state index contributed by atoms with van der Waals surface area (Å²) in [6.07, 6.45) is 1.87. The molecule has 4 rings (SSSR count). The second-order valence-corrected chi connectivity index (χ2v) is 8.13. The van der Waals surface area contributed by atoms with Crippen molar-refractivity contribution in [1.82, 2.24) is 15.1 Å². The van der Waals surface area contributed by atoms with Gasteiger partial charge in [0, 0.05) is 39.2 Å². The molecule has 1 spiro atoms. The molecule has 2 saturated heterocycles. The Kier molecular flexibility index (Phi) is 6.33. The number of ether oxygens (including phenoxy) is 1. The molecule has 3 amide bonds. The van der Waals surface area contributed by atoms with E-state index in [1.165, 1.54) is 5.56 Å². The molecular weight excluding hydrogens is 378 g/mol. The molecule has 1 N–H and O–H groups in total. The van der Waals surface area contributed by atoms with Gasteiger partial charge in [0.2, 0.25) is 5.91 Å². The molecule has 2 aromatic carbocycles. The fraction of sp³-hybridized carbons (Fsp3) is 0.417. The summed E-state index contributed by atoms with van der Waals surface area (Å²) in [5.74, 6) is 0.0870. The van der Waals surface area contributed by atoms with E-state index < -0.39 is 5.54 Å². The van der Waals surface area contributed by atoms with Crippen molar-refractivity contribution in [3.63, 3.8) is 0 Å². The van der Waals surface area contributed by atoms with Crippen LogP contribution in [0.15, 0.2) is 60.7 Å². The lowest BCUT2D eigenvalue weighted by Gasteiger charge is -2.40. The summed E-state index contributed by atoms with van der Waals surface area (Å²) in [5, 5.41) is 3.03. The summed E-state index contributed by atoms with van der Waals surface area (Å²) in [7, 11) is 0. The van der Waals surface area contributed by atoms with Gasteiger partial charge in [-0.2, -0.15) is 0 Å². The van der Waals surface area contributed by atoms with E-state index in [0.717, 1.165) is 18.4 Å². The minimum Gasteiger partial charge on any atom is -0.379 e. The smallest absolute Gasteiger partial charge is 0.317 e. The Hall–Kier alpha value is -2.86. The molecular formula is C24H29N3O3. The van der Waals surface area contributed by atoms with Gasteiger partial charge in [-0.15, -0.1) is 0 Å². The van der Waals surface area contributed by atoms with Gasteiger partial charge in [0.25, 0.3) is 0 Å². The minimum absolute atomic E-state index is 0.0870. The van der Waals surface area contributed by atoms with Crippen LogP contribution < -0.4 is 5.32 Å². The summed E-state index contributed by atoms with van der Waals surface area (Å²) < 4.78 is 5.72. The molecule has 2 aromatic rings. The van der Waals surface area contributed by atoms with Crippen molar-refractivity contribution >= 4 is 11.9 Å². The van der Waals surface area contributed by atoms with Crippen LogP contribution in [0, 0.1) is 0 Å². The van der Waals surface area contributed by atoms with E-state index in [9.17, 15) is 9.59 Å². The molecule has 6 heteroatoms. The highest BCUT2D eigenvalue weighted by Gasteiger charge is 2.47. The third-order valence-corrected chi connectivity index (χ3v) is 6.04. The van der Waals surface area contributed by atoms with E-state index in [0.29, 0.717) is 45.8 Å². The van der Waals surface area contributed by atoms with Crippen LogP contribution in [0.2, 0.25) is 0 Å². The SMILES string of the molecule is O=C(NCCc1ccccc1)N1CCC(=O)N(Cc2ccccc2)C2(CCOC2)C1. The topological polar surface area (TPSA) is 61.9 Å². The number of nitrogens with zero attached hydrogens (tertiary/aromatic N) is 2. The van der Waals surface area contributed by atoms with Crippen molar-refractivity contribution in [2.24, 2.45) is 0 Å². The molecule has 0 saturated carbocycles. The monoisotopic (exact) mass is 407 g/mol. The van der Waals surface area contributed by atoms with Gasteiger partial charge in [0.05, 0.1) is 12.1 Å². The number of carbonyl (C=O) groups is 2. The molecule has 0 aliphatic carbocycles. The summed E-state index contributed by atoms with van der Waals surface area (Å²) in [4.78, 5) is 29.7. The van der Waals surface area contributed by atoms with Crippen molar-refractivity contribution in [3.05, 3.63) is 71.8 Å². The van der Waals surface area contributed by atoms with Crippen LogP contribution >= 0.6 is 0 Å². The predicted molar refractivity (Wildman–Crippen MR) is 115 cm³/mol. The zero-order chi connectivity index (χ0) is 20.8. The Morgan fingerprint density at radius 2 is 1.73 bits per heavy atom. The van der Waals surface area contributed by atoms with Crippen molar-refractivity contribution in [3.8, 4) is 0 Å². The second kappa shape index (κ2) is 9.30. The lowest BCUT2D eigenvalue weighted by Crippen LogP contribution is -2.57. The standard InChI is InChI=1S/C24H29N3O3/c28-22-12-15-26(23(29)25-14-11-20-7-3-1-4-8-20)18-24(13-16-30-19-24)27(22)17-21-9-5-2-6-10-21/h1-10H,11-19H2,(H,25,29). The van der Waals surface area contributed by atoms with E-state index >= 15 is 0 Å². The van der Waals surface area contributed by atoms with Gasteiger partial charge in [-0.3, -0.25) is 4.79 Å². The zero-order valence-electron chi connectivity index (χ0n) is 17.3. The first-order chi connectivity index (χ1) is 14.7. The van der Waals surface area contributed by atoms with Crippen molar-refractivity contribution < 1.29 is 14.3 Å². The van der Waals surface area contributed by atoms with Gasteiger partial charge in [0.15, 0.2) is 0 Å². The van der Waals surface area contributed by atoms with E-state index in [-0.39, 0.29) is 11.9 Å². The minimum atomic E-state index is -0.458. The second-order valence-electron chi connectivity index (χ2n) is 8.13. The van der Waals surface area contributed by atoms with Gasteiger partial charge in [0.1, 0.15) is 0 Å². The third-order valence-electron chi connectivity index (χ3n) is 6.04. The molecule has 158 valence electrons. The van der Waals surface area contributed by atoms with Gasteiger partial charge < -0.3 is 19.9 Å². The molecule has 0 radical (unpaired) electrons. The molecule has 2 fully saturated rings. The summed E-state index contributed by atoms with van der Waals surface area (Å²) in [6, 6.07) is 20.0. The summed E-state index contributed by atoms with van der Waals surface area (Å²) in [6.45, 7) is 3.14.